The molecule has 0 radical (unpaired) electrons. The molecular weight excluding hydrogens is 214 g/mol. The van der Waals surface area contributed by atoms with Gasteiger partial charge in [-0.1, -0.05) is 26.0 Å². The van der Waals surface area contributed by atoms with Gasteiger partial charge in [0.15, 0.2) is 0 Å². The first-order valence-corrected chi connectivity index (χ1v) is 6.14. The summed E-state index contributed by atoms with van der Waals surface area (Å²) >= 11 is 0. The van der Waals surface area contributed by atoms with Gasteiger partial charge in [-0.15, -0.1) is 0 Å². The molecule has 0 unspecified atom stereocenters. The Labute approximate surface area is 104 Å². The standard InChI is InChI=1S/C14H23NO2/c1-10(2)11-6-7-14(17-3)12(9-11)13(15)5-4-8-16/h6-7,9-10,13,16H,4-5,8,15H2,1-3H3/t13-/m1/s1. The van der Waals surface area contributed by atoms with Gasteiger partial charge in [-0.25, -0.2) is 0 Å². The average Bonchev–Trinajstić information content (AvgIpc) is 2.34. The van der Waals surface area contributed by atoms with Crippen LogP contribution in [-0.2, 0) is 0 Å². The molecule has 0 aliphatic rings. The highest BCUT2D eigenvalue weighted by molar-refractivity contribution is 5.40. The summed E-state index contributed by atoms with van der Waals surface area (Å²) in [5, 5.41) is 8.84. The Balaban J connectivity index is 2.96. The lowest BCUT2D eigenvalue weighted by atomic mass is 9.95. The van der Waals surface area contributed by atoms with Crippen molar-refractivity contribution in [2.45, 2.75) is 38.6 Å². The fraction of sp³-hybridized carbons (Fsp3) is 0.571. The van der Waals surface area contributed by atoms with E-state index in [1.54, 1.807) is 7.11 Å². The summed E-state index contributed by atoms with van der Waals surface area (Å²) in [6.07, 6.45) is 1.49. The zero-order valence-corrected chi connectivity index (χ0v) is 10.9. The number of aliphatic hydroxyl groups excluding tert-OH is 1. The van der Waals surface area contributed by atoms with Gasteiger partial charge in [0, 0.05) is 18.2 Å². The fourth-order valence-electron chi connectivity index (χ4n) is 1.87. The van der Waals surface area contributed by atoms with Crippen LogP contribution in [0.3, 0.4) is 0 Å². The van der Waals surface area contributed by atoms with Crippen molar-refractivity contribution in [1.82, 2.24) is 0 Å². The lowest BCUT2D eigenvalue weighted by Gasteiger charge is -2.17. The third kappa shape index (κ3) is 3.72. The zero-order chi connectivity index (χ0) is 12.8. The van der Waals surface area contributed by atoms with E-state index < -0.39 is 0 Å². The van der Waals surface area contributed by atoms with E-state index in [2.05, 4.69) is 26.0 Å². The summed E-state index contributed by atoms with van der Waals surface area (Å²) in [5.41, 5.74) is 8.43. The summed E-state index contributed by atoms with van der Waals surface area (Å²) in [6.45, 7) is 4.50. The van der Waals surface area contributed by atoms with Crippen LogP contribution in [0.2, 0.25) is 0 Å². The average molecular weight is 237 g/mol. The van der Waals surface area contributed by atoms with Crippen LogP contribution in [0.4, 0.5) is 0 Å². The van der Waals surface area contributed by atoms with E-state index in [9.17, 15) is 0 Å². The SMILES string of the molecule is COc1ccc(C(C)C)cc1[C@H](N)CCCO. The van der Waals surface area contributed by atoms with Crippen LogP contribution in [0.15, 0.2) is 18.2 Å². The maximum atomic E-state index is 8.84. The van der Waals surface area contributed by atoms with Gasteiger partial charge in [0.1, 0.15) is 5.75 Å². The number of nitrogens with two attached hydrogens (primary N) is 1. The molecule has 3 nitrogen and oxygen atoms in total. The largest absolute Gasteiger partial charge is 0.496 e. The van der Waals surface area contributed by atoms with E-state index in [0.717, 1.165) is 24.2 Å². The number of methoxy groups -OCH3 is 1. The number of benzene rings is 1. The van der Waals surface area contributed by atoms with Crippen LogP contribution in [0.5, 0.6) is 5.75 Å². The third-order valence-electron chi connectivity index (χ3n) is 2.99. The summed E-state index contributed by atoms with van der Waals surface area (Å²) in [4.78, 5) is 0. The van der Waals surface area contributed by atoms with Crippen molar-refractivity contribution >= 4 is 0 Å². The zero-order valence-electron chi connectivity index (χ0n) is 10.9. The summed E-state index contributed by atoms with van der Waals surface area (Å²) in [5.74, 6) is 1.31. The number of hydrogen-bond acceptors (Lipinski definition) is 3. The molecule has 96 valence electrons. The first-order chi connectivity index (χ1) is 8.10. The van der Waals surface area contributed by atoms with Gasteiger partial charge >= 0.3 is 0 Å². The van der Waals surface area contributed by atoms with E-state index in [1.807, 2.05) is 6.07 Å². The Bertz CT molecular complexity index is 350. The molecule has 0 aromatic heterocycles. The molecule has 1 rings (SSSR count). The van der Waals surface area contributed by atoms with Crippen molar-refractivity contribution in [2.75, 3.05) is 13.7 Å². The topological polar surface area (TPSA) is 55.5 Å². The minimum absolute atomic E-state index is 0.0733. The molecule has 1 aromatic rings. The van der Waals surface area contributed by atoms with Crippen LogP contribution >= 0.6 is 0 Å². The van der Waals surface area contributed by atoms with Crippen LogP contribution in [0.25, 0.3) is 0 Å². The monoisotopic (exact) mass is 237 g/mol. The Morgan fingerprint density at radius 1 is 1.35 bits per heavy atom. The molecule has 0 saturated carbocycles. The molecule has 0 aliphatic heterocycles. The maximum Gasteiger partial charge on any atom is 0.123 e. The first-order valence-electron chi connectivity index (χ1n) is 6.14. The molecule has 1 aromatic carbocycles. The predicted octanol–water partition coefficient (Wildman–Crippen LogP) is 2.59. The number of hydrogen-bond donors (Lipinski definition) is 2. The molecule has 3 heteroatoms. The molecule has 0 heterocycles. The summed E-state index contributed by atoms with van der Waals surface area (Å²) < 4.78 is 5.34. The molecule has 0 spiro atoms. The predicted molar refractivity (Wildman–Crippen MR) is 70.3 cm³/mol. The molecule has 0 aliphatic carbocycles. The van der Waals surface area contributed by atoms with E-state index >= 15 is 0 Å². The second-order valence-electron chi connectivity index (χ2n) is 4.63. The van der Waals surface area contributed by atoms with Crippen molar-refractivity contribution in [2.24, 2.45) is 5.73 Å². The molecule has 0 amide bonds. The van der Waals surface area contributed by atoms with Gasteiger partial charge in [-0.2, -0.15) is 0 Å². The molecule has 1 atom stereocenters. The Morgan fingerprint density at radius 2 is 2.06 bits per heavy atom. The summed E-state index contributed by atoms with van der Waals surface area (Å²) in [7, 11) is 1.66. The minimum Gasteiger partial charge on any atom is -0.496 e. The smallest absolute Gasteiger partial charge is 0.123 e. The lowest BCUT2D eigenvalue weighted by molar-refractivity contribution is 0.279. The second kappa shape index (κ2) is 6.62. The van der Waals surface area contributed by atoms with Crippen molar-refractivity contribution < 1.29 is 9.84 Å². The van der Waals surface area contributed by atoms with Crippen molar-refractivity contribution in [1.29, 1.82) is 0 Å². The number of ether oxygens (including phenoxy) is 1. The molecular formula is C14H23NO2. The highest BCUT2D eigenvalue weighted by Gasteiger charge is 2.13. The van der Waals surface area contributed by atoms with Crippen LogP contribution in [0, 0.1) is 0 Å². The van der Waals surface area contributed by atoms with Gasteiger partial charge in [0.25, 0.3) is 0 Å². The van der Waals surface area contributed by atoms with E-state index in [0.29, 0.717) is 5.92 Å². The Morgan fingerprint density at radius 3 is 2.59 bits per heavy atom. The third-order valence-corrected chi connectivity index (χ3v) is 2.99. The Hall–Kier alpha value is -1.06. The normalized spacial score (nSPS) is 12.8. The van der Waals surface area contributed by atoms with Crippen molar-refractivity contribution in [3.63, 3.8) is 0 Å². The number of aliphatic hydroxyl groups is 1. The van der Waals surface area contributed by atoms with Crippen LogP contribution < -0.4 is 10.5 Å². The van der Waals surface area contributed by atoms with Gasteiger partial charge in [-0.05, 0) is 30.4 Å². The molecule has 17 heavy (non-hydrogen) atoms. The van der Waals surface area contributed by atoms with Gasteiger partial charge in [-0.3, -0.25) is 0 Å². The molecule has 0 fully saturated rings. The lowest BCUT2D eigenvalue weighted by Crippen LogP contribution is -2.12. The van der Waals surface area contributed by atoms with Crippen LogP contribution in [-0.4, -0.2) is 18.8 Å². The molecule has 0 bridgehead atoms. The van der Waals surface area contributed by atoms with Crippen molar-refractivity contribution in [3.05, 3.63) is 29.3 Å². The summed E-state index contributed by atoms with van der Waals surface area (Å²) in [6, 6.07) is 6.09. The van der Waals surface area contributed by atoms with Gasteiger partial charge in [0.05, 0.1) is 7.11 Å². The van der Waals surface area contributed by atoms with Gasteiger partial charge < -0.3 is 15.6 Å². The minimum atomic E-state index is -0.0733. The van der Waals surface area contributed by atoms with E-state index in [-0.39, 0.29) is 12.6 Å². The van der Waals surface area contributed by atoms with Crippen molar-refractivity contribution in [3.8, 4) is 5.75 Å². The molecule has 3 N–H and O–H groups in total. The van der Waals surface area contributed by atoms with Crippen LogP contribution in [0.1, 0.15) is 49.8 Å². The Kier molecular flexibility index (Phi) is 5.45. The quantitative estimate of drug-likeness (QED) is 0.799. The first kappa shape index (κ1) is 14.0. The fourth-order valence-corrected chi connectivity index (χ4v) is 1.87. The second-order valence-corrected chi connectivity index (χ2v) is 4.63. The van der Waals surface area contributed by atoms with E-state index in [4.69, 9.17) is 15.6 Å². The number of rotatable bonds is 6. The van der Waals surface area contributed by atoms with E-state index in [1.165, 1.54) is 5.56 Å². The molecule has 0 saturated heterocycles. The highest BCUT2D eigenvalue weighted by Crippen LogP contribution is 2.29. The van der Waals surface area contributed by atoms with Gasteiger partial charge in [0.2, 0.25) is 0 Å². The maximum absolute atomic E-state index is 8.84. The highest BCUT2D eigenvalue weighted by atomic mass is 16.5.